The van der Waals surface area contributed by atoms with E-state index in [0.717, 1.165) is 6.42 Å². The first-order valence-electron chi connectivity index (χ1n) is 7.29. The Morgan fingerprint density at radius 1 is 1.33 bits per heavy atom. The monoisotopic (exact) mass is 300 g/mol. The van der Waals surface area contributed by atoms with Crippen LogP contribution in [0.2, 0.25) is 0 Å². The fraction of sp³-hybridized carbons (Fsp3) is 0.786. The average molecular weight is 300 g/mol. The van der Waals surface area contributed by atoms with Crippen molar-refractivity contribution in [2.75, 3.05) is 19.7 Å². The molecule has 1 heterocycles. The van der Waals surface area contributed by atoms with Gasteiger partial charge in [0.2, 0.25) is 11.8 Å². The minimum atomic E-state index is -1.16. The Labute approximate surface area is 124 Å². The van der Waals surface area contributed by atoms with Gasteiger partial charge in [-0.3, -0.25) is 9.59 Å². The van der Waals surface area contributed by atoms with E-state index in [-0.39, 0.29) is 36.7 Å². The van der Waals surface area contributed by atoms with Crippen LogP contribution in [-0.4, -0.2) is 58.6 Å². The van der Waals surface area contributed by atoms with Gasteiger partial charge in [-0.15, -0.1) is 0 Å². The number of carboxylic acids is 1. The lowest BCUT2D eigenvalue weighted by Gasteiger charge is -2.33. The maximum atomic E-state index is 12.1. The van der Waals surface area contributed by atoms with Gasteiger partial charge < -0.3 is 20.4 Å². The van der Waals surface area contributed by atoms with Crippen LogP contribution in [0.4, 0.5) is 0 Å². The topological polar surface area (TPSA) is 107 Å². The Kier molecular flexibility index (Phi) is 6.61. The van der Waals surface area contributed by atoms with Crippen molar-refractivity contribution in [3.63, 3.8) is 0 Å². The SMILES string of the molecule is CC(C)C(=O)N1CCCC(C(=O)N[C@H](CCO)C(=O)O)C1. The predicted molar refractivity (Wildman–Crippen MR) is 75.4 cm³/mol. The van der Waals surface area contributed by atoms with Crippen LogP contribution in [0, 0.1) is 11.8 Å². The number of nitrogens with zero attached hydrogens (tertiary/aromatic N) is 1. The number of aliphatic hydroxyl groups is 1. The van der Waals surface area contributed by atoms with Gasteiger partial charge in [0.15, 0.2) is 0 Å². The summed E-state index contributed by atoms with van der Waals surface area (Å²) in [6.07, 6.45) is 1.34. The molecule has 21 heavy (non-hydrogen) atoms. The highest BCUT2D eigenvalue weighted by molar-refractivity contribution is 5.86. The lowest BCUT2D eigenvalue weighted by atomic mass is 9.95. The second-order valence-electron chi connectivity index (χ2n) is 5.69. The van der Waals surface area contributed by atoms with Crippen LogP contribution < -0.4 is 5.32 Å². The molecule has 1 fully saturated rings. The molecule has 0 aromatic rings. The van der Waals surface area contributed by atoms with Crippen LogP contribution >= 0.6 is 0 Å². The Balaban J connectivity index is 2.61. The van der Waals surface area contributed by atoms with Crippen LogP contribution in [0.3, 0.4) is 0 Å². The summed E-state index contributed by atoms with van der Waals surface area (Å²) >= 11 is 0. The second kappa shape index (κ2) is 7.97. The summed E-state index contributed by atoms with van der Waals surface area (Å²) in [6, 6.07) is -1.08. The number of aliphatic carboxylic acids is 1. The van der Waals surface area contributed by atoms with Gasteiger partial charge in [-0.25, -0.2) is 4.79 Å². The standard InChI is InChI=1S/C14H24N2O5/c1-9(2)13(19)16-6-3-4-10(8-16)12(18)15-11(5-7-17)14(20)21/h9-11,17H,3-8H2,1-2H3,(H,15,18)(H,20,21)/t10?,11-/m1/s1. The molecule has 0 aromatic carbocycles. The molecule has 0 radical (unpaired) electrons. The molecular weight excluding hydrogens is 276 g/mol. The summed E-state index contributed by atoms with van der Waals surface area (Å²) in [6.45, 7) is 4.29. The van der Waals surface area contributed by atoms with Crippen molar-refractivity contribution in [2.45, 2.75) is 39.2 Å². The normalized spacial score (nSPS) is 20.2. The first-order chi connectivity index (χ1) is 9.86. The van der Waals surface area contributed by atoms with E-state index in [2.05, 4.69) is 5.32 Å². The zero-order chi connectivity index (χ0) is 16.0. The molecule has 120 valence electrons. The molecule has 1 aliphatic heterocycles. The van der Waals surface area contributed by atoms with E-state index in [1.165, 1.54) is 0 Å². The Hall–Kier alpha value is -1.63. The van der Waals surface area contributed by atoms with Gasteiger partial charge in [0.1, 0.15) is 6.04 Å². The Morgan fingerprint density at radius 2 is 2.00 bits per heavy atom. The Morgan fingerprint density at radius 3 is 2.52 bits per heavy atom. The van der Waals surface area contributed by atoms with Gasteiger partial charge in [0.25, 0.3) is 0 Å². The van der Waals surface area contributed by atoms with E-state index < -0.39 is 12.0 Å². The second-order valence-corrected chi connectivity index (χ2v) is 5.69. The van der Waals surface area contributed by atoms with Crippen LogP contribution in [0.15, 0.2) is 0 Å². The summed E-state index contributed by atoms with van der Waals surface area (Å²) in [5.74, 6) is -2.02. The van der Waals surface area contributed by atoms with Crippen molar-refractivity contribution in [1.82, 2.24) is 10.2 Å². The number of hydrogen-bond donors (Lipinski definition) is 3. The third kappa shape index (κ3) is 5.00. The minimum absolute atomic E-state index is 0.0117. The molecule has 0 aliphatic carbocycles. The maximum Gasteiger partial charge on any atom is 0.326 e. The number of aliphatic hydroxyl groups excluding tert-OH is 1. The lowest BCUT2D eigenvalue weighted by molar-refractivity contribution is -0.144. The minimum Gasteiger partial charge on any atom is -0.480 e. The molecule has 0 saturated carbocycles. The Bertz CT molecular complexity index is 397. The van der Waals surface area contributed by atoms with E-state index >= 15 is 0 Å². The molecule has 1 rings (SSSR count). The fourth-order valence-electron chi connectivity index (χ4n) is 2.43. The number of carbonyl (C=O) groups is 3. The van der Waals surface area contributed by atoms with Gasteiger partial charge in [-0.1, -0.05) is 13.8 Å². The zero-order valence-electron chi connectivity index (χ0n) is 12.5. The smallest absolute Gasteiger partial charge is 0.326 e. The molecule has 2 amide bonds. The quantitative estimate of drug-likeness (QED) is 0.631. The lowest BCUT2D eigenvalue weighted by Crippen LogP contribution is -2.50. The van der Waals surface area contributed by atoms with E-state index in [1.54, 1.807) is 4.90 Å². The molecule has 7 heteroatoms. The van der Waals surface area contributed by atoms with Gasteiger partial charge in [0, 0.05) is 32.0 Å². The molecule has 3 N–H and O–H groups in total. The van der Waals surface area contributed by atoms with Crippen LogP contribution in [-0.2, 0) is 14.4 Å². The molecule has 1 aliphatic rings. The summed E-state index contributed by atoms with van der Waals surface area (Å²) in [5, 5.41) is 20.2. The van der Waals surface area contributed by atoms with Crippen molar-refractivity contribution in [3.8, 4) is 0 Å². The molecule has 7 nitrogen and oxygen atoms in total. The highest BCUT2D eigenvalue weighted by Gasteiger charge is 2.31. The third-order valence-electron chi connectivity index (χ3n) is 3.63. The van der Waals surface area contributed by atoms with Crippen molar-refractivity contribution in [3.05, 3.63) is 0 Å². The molecular formula is C14H24N2O5. The van der Waals surface area contributed by atoms with Crippen molar-refractivity contribution >= 4 is 17.8 Å². The van der Waals surface area contributed by atoms with Crippen molar-refractivity contribution < 1.29 is 24.6 Å². The van der Waals surface area contributed by atoms with Crippen LogP contribution in [0.25, 0.3) is 0 Å². The largest absolute Gasteiger partial charge is 0.480 e. The summed E-state index contributed by atoms with van der Waals surface area (Å²) in [7, 11) is 0. The summed E-state index contributed by atoms with van der Waals surface area (Å²) < 4.78 is 0. The van der Waals surface area contributed by atoms with E-state index in [0.29, 0.717) is 19.5 Å². The van der Waals surface area contributed by atoms with Crippen molar-refractivity contribution in [1.29, 1.82) is 0 Å². The van der Waals surface area contributed by atoms with Gasteiger partial charge in [-0.2, -0.15) is 0 Å². The number of hydrogen-bond acceptors (Lipinski definition) is 4. The number of likely N-dealkylation sites (tertiary alicyclic amines) is 1. The summed E-state index contributed by atoms with van der Waals surface area (Å²) in [5.41, 5.74) is 0. The predicted octanol–water partition coefficient (Wildman–Crippen LogP) is -0.167. The first kappa shape index (κ1) is 17.4. The first-order valence-corrected chi connectivity index (χ1v) is 7.29. The number of amides is 2. The van der Waals surface area contributed by atoms with Gasteiger partial charge in [0.05, 0.1) is 5.92 Å². The number of carboxylic acid groups (broad SMARTS) is 1. The van der Waals surface area contributed by atoms with E-state index in [1.807, 2.05) is 13.8 Å². The molecule has 2 atom stereocenters. The molecule has 0 aromatic heterocycles. The van der Waals surface area contributed by atoms with Gasteiger partial charge >= 0.3 is 5.97 Å². The molecule has 0 spiro atoms. The number of nitrogens with one attached hydrogen (secondary N) is 1. The van der Waals surface area contributed by atoms with Crippen LogP contribution in [0.5, 0.6) is 0 Å². The number of carbonyl (C=O) groups excluding carboxylic acids is 2. The van der Waals surface area contributed by atoms with Gasteiger partial charge in [-0.05, 0) is 12.8 Å². The molecule has 1 unspecified atom stereocenters. The number of piperidine rings is 1. The van der Waals surface area contributed by atoms with E-state index in [4.69, 9.17) is 10.2 Å². The number of rotatable bonds is 6. The molecule has 0 bridgehead atoms. The maximum absolute atomic E-state index is 12.1. The molecule has 1 saturated heterocycles. The third-order valence-corrected chi connectivity index (χ3v) is 3.63. The average Bonchev–Trinajstić information content (AvgIpc) is 2.45. The summed E-state index contributed by atoms with van der Waals surface area (Å²) in [4.78, 5) is 36.7. The van der Waals surface area contributed by atoms with Crippen molar-refractivity contribution in [2.24, 2.45) is 11.8 Å². The highest BCUT2D eigenvalue weighted by atomic mass is 16.4. The fourth-order valence-corrected chi connectivity index (χ4v) is 2.43. The van der Waals surface area contributed by atoms with Crippen LogP contribution in [0.1, 0.15) is 33.1 Å². The van der Waals surface area contributed by atoms with E-state index in [9.17, 15) is 14.4 Å². The highest BCUT2D eigenvalue weighted by Crippen LogP contribution is 2.18. The zero-order valence-corrected chi connectivity index (χ0v) is 12.5.